The van der Waals surface area contributed by atoms with Gasteiger partial charge in [0.15, 0.2) is 0 Å². The molecule has 3 nitrogen and oxygen atoms in total. The van der Waals surface area contributed by atoms with Gasteiger partial charge in [0.2, 0.25) is 0 Å². The minimum absolute atomic E-state index is 0.780. The number of aryl methyl sites for hydroxylation is 1. The quantitative estimate of drug-likeness (QED) is 0.924. The van der Waals surface area contributed by atoms with Crippen molar-refractivity contribution in [3.63, 3.8) is 0 Å². The molecular weight excluding hydrogens is 290 g/mol. The van der Waals surface area contributed by atoms with E-state index in [4.69, 9.17) is 0 Å². The number of halogens is 1. The van der Waals surface area contributed by atoms with Gasteiger partial charge in [-0.1, -0.05) is 6.92 Å². The highest BCUT2D eigenvalue weighted by Crippen LogP contribution is 2.22. The molecular formula is C14H22BrN3. The van der Waals surface area contributed by atoms with Crippen LogP contribution in [0, 0.1) is 12.8 Å². The molecule has 0 amide bonds. The molecule has 0 aromatic carbocycles. The zero-order chi connectivity index (χ0) is 13.0. The Labute approximate surface area is 118 Å². The highest BCUT2D eigenvalue weighted by atomic mass is 79.9. The van der Waals surface area contributed by atoms with Crippen molar-refractivity contribution in [3.8, 4) is 0 Å². The van der Waals surface area contributed by atoms with Crippen LogP contribution in [-0.2, 0) is 0 Å². The Balaban J connectivity index is 1.81. The Morgan fingerprint density at radius 3 is 2.78 bits per heavy atom. The molecule has 0 unspecified atom stereocenters. The summed E-state index contributed by atoms with van der Waals surface area (Å²) in [7, 11) is 0. The molecule has 0 bridgehead atoms. The summed E-state index contributed by atoms with van der Waals surface area (Å²) in [5.74, 6) is 1.75. The predicted molar refractivity (Wildman–Crippen MR) is 80.0 cm³/mol. The maximum atomic E-state index is 4.42. The molecule has 1 fully saturated rings. The van der Waals surface area contributed by atoms with Gasteiger partial charge in [-0.15, -0.1) is 0 Å². The van der Waals surface area contributed by atoms with E-state index >= 15 is 0 Å². The molecule has 0 radical (unpaired) electrons. The van der Waals surface area contributed by atoms with Crippen molar-refractivity contribution in [2.75, 3.05) is 31.5 Å². The fourth-order valence-electron chi connectivity index (χ4n) is 2.41. The third kappa shape index (κ3) is 3.69. The molecule has 100 valence electrons. The summed E-state index contributed by atoms with van der Waals surface area (Å²) in [6.07, 6.45) is 4.50. The van der Waals surface area contributed by atoms with Gasteiger partial charge in [0.1, 0.15) is 5.82 Å². The van der Waals surface area contributed by atoms with Gasteiger partial charge in [0.25, 0.3) is 0 Å². The minimum atomic E-state index is 0.780. The van der Waals surface area contributed by atoms with Crippen molar-refractivity contribution < 1.29 is 0 Å². The van der Waals surface area contributed by atoms with E-state index in [9.17, 15) is 0 Å². The fraction of sp³-hybridized carbons (Fsp3) is 0.643. The van der Waals surface area contributed by atoms with Crippen molar-refractivity contribution in [1.29, 1.82) is 0 Å². The van der Waals surface area contributed by atoms with Crippen molar-refractivity contribution in [2.24, 2.45) is 5.92 Å². The Kier molecular flexibility index (Phi) is 5.01. The van der Waals surface area contributed by atoms with E-state index in [-0.39, 0.29) is 0 Å². The second-order valence-corrected chi connectivity index (χ2v) is 5.96. The molecule has 1 saturated heterocycles. The number of pyridine rings is 1. The molecule has 2 rings (SSSR count). The molecule has 0 saturated carbocycles. The molecule has 2 heterocycles. The van der Waals surface area contributed by atoms with Crippen LogP contribution in [0.1, 0.15) is 25.3 Å². The molecule has 1 aromatic heterocycles. The van der Waals surface area contributed by atoms with Crippen LogP contribution in [0.25, 0.3) is 0 Å². The number of likely N-dealkylation sites (tertiary alicyclic amines) is 1. The van der Waals surface area contributed by atoms with E-state index in [2.05, 4.69) is 51.0 Å². The van der Waals surface area contributed by atoms with Gasteiger partial charge in [-0.3, -0.25) is 0 Å². The van der Waals surface area contributed by atoms with E-state index in [0.717, 1.165) is 22.8 Å². The number of anilines is 1. The SMILES string of the molecule is CCN1CCC(CNc2ncc(C)cc2Br)CC1. The molecule has 1 aliphatic heterocycles. The van der Waals surface area contributed by atoms with Crippen LogP contribution >= 0.6 is 15.9 Å². The Hall–Kier alpha value is -0.610. The minimum Gasteiger partial charge on any atom is -0.369 e. The largest absolute Gasteiger partial charge is 0.369 e. The first-order chi connectivity index (χ1) is 8.69. The zero-order valence-electron chi connectivity index (χ0n) is 11.2. The second kappa shape index (κ2) is 6.53. The van der Waals surface area contributed by atoms with Crippen molar-refractivity contribution in [2.45, 2.75) is 26.7 Å². The molecule has 0 atom stereocenters. The molecule has 1 aliphatic rings. The van der Waals surface area contributed by atoms with E-state index in [1.54, 1.807) is 0 Å². The Morgan fingerprint density at radius 1 is 1.44 bits per heavy atom. The number of hydrogen-bond acceptors (Lipinski definition) is 3. The number of rotatable bonds is 4. The topological polar surface area (TPSA) is 28.2 Å². The monoisotopic (exact) mass is 311 g/mol. The smallest absolute Gasteiger partial charge is 0.140 e. The first-order valence-electron chi connectivity index (χ1n) is 6.77. The summed E-state index contributed by atoms with van der Waals surface area (Å²) < 4.78 is 1.06. The zero-order valence-corrected chi connectivity index (χ0v) is 12.8. The number of nitrogens with one attached hydrogen (secondary N) is 1. The van der Waals surface area contributed by atoms with E-state index < -0.39 is 0 Å². The molecule has 1 aromatic rings. The number of nitrogens with zero attached hydrogens (tertiary/aromatic N) is 2. The second-order valence-electron chi connectivity index (χ2n) is 5.10. The maximum absolute atomic E-state index is 4.42. The van der Waals surface area contributed by atoms with E-state index in [0.29, 0.717) is 0 Å². The molecule has 0 aliphatic carbocycles. The summed E-state index contributed by atoms with van der Waals surface area (Å²) in [6.45, 7) is 9.00. The van der Waals surface area contributed by atoms with Gasteiger partial charge in [-0.05, 0) is 72.9 Å². The summed E-state index contributed by atoms with van der Waals surface area (Å²) >= 11 is 3.56. The van der Waals surface area contributed by atoms with Crippen LogP contribution in [0.15, 0.2) is 16.7 Å². The van der Waals surface area contributed by atoms with Gasteiger partial charge in [0.05, 0.1) is 4.47 Å². The predicted octanol–water partition coefficient (Wildman–Crippen LogP) is 3.30. The first-order valence-corrected chi connectivity index (χ1v) is 7.56. The lowest BCUT2D eigenvalue weighted by Crippen LogP contribution is -2.35. The van der Waals surface area contributed by atoms with Crippen LogP contribution in [0.5, 0.6) is 0 Å². The number of aromatic nitrogens is 1. The van der Waals surface area contributed by atoms with E-state index in [1.165, 1.54) is 38.0 Å². The maximum Gasteiger partial charge on any atom is 0.140 e. The van der Waals surface area contributed by atoms with Crippen LogP contribution < -0.4 is 5.32 Å². The van der Waals surface area contributed by atoms with E-state index in [1.807, 2.05) is 6.20 Å². The van der Waals surface area contributed by atoms with Gasteiger partial charge >= 0.3 is 0 Å². The fourth-order valence-corrected chi connectivity index (χ4v) is 3.02. The lowest BCUT2D eigenvalue weighted by Gasteiger charge is -2.31. The van der Waals surface area contributed by atoms with Crippen molar-refractivity contribution in [1.82, 2.24) is 9.88 Å². The lowest BCUT2D eigenvalue weighted by atomic mass is 9.97. The van der Waals surface area contributed by atoms with Crippen LogP contribution in [0.4, 0.5) is 5.82 Å². The van der Waals surface area contributed by atoms with Gasteiger partial charge in [-0.2, -0.15) is 0 Å². The molecule has 1 N–H and O–H groups in total. The average molecular weight is 312 g/mol. The van der Waals surface area contributed by atoms with Crippen molar-refractivity contribution in [3.05, 3.63) is 22.3 Å². The third-order valence-electron chi connectivity index (χ3n) is 3.69. The molecule has 4 heteroatoms. The third-order valence-corrected chi connectivity index (χ3v) is 4.29. The summed E-state index contributed by atoms with van der Waals surface area (Å²) in [6, 6.07) is 2.11. The number of piperidine rings is 1. The van der Waals surface area contributed by atoms with Gasteiger partial charge in [-0.25, -0.2) is 4.98 Å². The van der Waals surface area contributed by atoms with Gasteiger partial charge < -0.3 is 10.2 Å². The molecule has 18 heavy (non-hydrogen) atoms. The lowest BCUT2D eigenvalue weighted by molar-refractivity contribution is 0.198. The summed E-state index contributed by atoms with van der Waals surface area (Å²) in [5.41, 5.74) is 1.18. The van der Waals surface area contributed by atoms with Crippen LogP contribution in [0.2, 0.25) is 0 Å². The standard InChI is InChI=1S/C14H22BrN3/c1-3-18-6-4-12(5-7-18)10-17-14-13(15)8-11(2)9-16-14/h8-9,12H,3-7,10H2,1-2H3,(H,16,17). The average Bonchev–Trinajstić information content (AvgIpc) is 2.38. The summed E-state index contributed by atoms with van der Waals surface area (Å²) in [5, 5.41) is 3.47. The van der Waals surface area contributed by atoms with Gasteiger partial charge in [0, 0.05) is 12.7 Å². The normalized spacial score (nSPS) is 17.9. The highest BCUT2D eigenvalue weighted by Gasteiger charge is 2.18. The highest BCUT2D eigenvalue weighted by molar-refractivity contribution is 9.10. The molecule has 0 spiro atoms. The van der Waals surface area contributed by atoms with Crippen molar-refractivity contribution >= 4 is 21.7 Å². The Bertz CT molecular complexity index is 387. The van der Waals surface area contributed by atoms with Crippen LogP contribution in [-0.4, -0.2) is 36.1 Å². The van der Waals surface area contributed by atoms with Crippen LogP contribution in [0.3, 0.4) is 0 Å². The first kappa shape index (κ1) is 13.8. The number of hydrogen-bond donors (Lipinski definition) is 1. The Morgan fingerprint density at radius 2 is 2.17 bits per heavy atom. The summed E-state index contributed by atoms with van der Waals surface area (Å²) in [4.78, 5) is 6.95.